The van der Waals surface area contributed by atoms with E-state index < -0.39 is 5.79 Å². The molecule has 0 saturated carbocycles. The highest BCUT2D eigenvalue weighted by Gasteiger charge is 2.38. The van der Waals surface area contributed by atoms with Crippen LogP contribution in [0.2, 0.25) is 0 Å². The summed E-state index contributed by atoms with van der Waals surface area (Å²) in [6, 6.07) is 14.3. The number of rotatable bonds is 3. The van der Waals surface area contributed by atoms with Crippen LogP contribution in [0.3, 0.4) is 0 Å². The topological polar surface area (TPSA) is 18.5 Å². The lowest BCUT2D eigenvalue weighted by atomic mass is 9.97. The van der Waals surface area contributed by atoms with Crippen molar-refractivity contribution >= 4 is 15.9 Å². The molecule has 2 aromatic rings. The van der Waals surface area contributed by atoms with Crippen LogP contribution >= 0.6 is 15.9 Å². The first-order valence-electron chi connectivity index (χ1n) is 6.46. The van der Waals surface area contributed by atoms with Crippen LogP contribution in [0.4, 0.5) is 4.39 Å². The van der Waals surface area contributed by atoms with Gasteiger partial charge in [0.2, 0.25) is 0 Å². The van der Waals surface area contributed by atoms with Gasteiger partial charge in [-0.15, -0.1) is 0 Å². The molecule has 0 spiro atoms. The Bertz CT molecular complexity index is 574. The zero-order valence-corrected chi connectivity index (χ0v) is 12.4. The van der Waals surface area contributed by atoms with Gasteiger partial charge in [-0.2, -0.15) is 0 Å². The lowest BCUT2D eigenvalue weighted by Gasteiger charge is -2.28. The minimum Gasteiger partial charge on any atom is -0.343 e. The van der Waals surface area contributed by atoms with E-state index in [1.165, 1.54) is 12.1 Å². The monoisotopic (exact) mass is 336 g/mol. The number of hydrogen-bond donors (Lipinski definition) is 0. The van der Waals surface area contributed by atoms with Crippen LogP contribution in [0.15, 0.2) is 53.0 Å². The third-order valence-electron chi connectivity index (χ3n) is 3.39. The summed E-state index contributed by atoms with van der Waals surface area (Å²) >= 11 is 3.42. The Balaban J connectivity index is 1.91. The molecule has 0 atom stereocenters. The summed E-state index contributed by atoms with van der Waals surface area (Å²) in [5.41, 5.74) is 1.96. The number of benzene rings is 2. The molecule has 1 heterocycles. The fourth-order valence-electron chi connectivity index (χ4n) is 2.40. The molecule has 0 aromatic heterocycles. The third kappa shape index (κ3) is 2.77. The molecule has 0 N–H and O–H groups in total. The Labute approximate surface area is 125 Å². The van der Waals surface area contributed by atoms with Gasteiger partial charge < -0.3 is 9.47 Å². The van der Waals surface area contributed by atoms with E-state index in [4.69, 9.17) is 9.47 Å². The summed E-state index contributed by atoms with van der Waals surface area (Å²) in [5, 5.41) is 0. The van der Waals surface area contributed by atoms with Gasteiger partial charge in [-0.1, -0.05) is 40.2 Å². The highest BCUT2D eigenvalue weighted by Crippen LogP contribution is 2.35. The van der Waals surface area contributed by atoms with Gasteiger partial charge in [-0.3, -0.25) is 0 Å². The molecule has 0 amide bonds. The first-order valence-corrected chi connectivity index (χ1v) is 7.26. The van der Waals surface area contributed by atoms with Crippen LogP contribution in [-0.2, 0) is 21.7 Å². The highest BCUT2D eigenvalue weighted by molar-refractivity contribution is 9.10. The van der Waals surface area contributed by atoms with Crippen LogP contribution in [0.1, 0.15) is 11.1 Å². The van der Waals surface area contributed by atoms with Gasteiger partial charge in [0.1, 0.15) is 5.82 Å². The van der Waals surface area contributed by atoms with Crippen LogP contribution in [0, 0.1) is 5.82 Å². The Morgan fingerprint density at radius 1 is 0.950 bits per heavy atom. The SMILES string of the molecule is Fc1ccc(CC2(c3ccc(Br)cc3)OCCO2)cc1. The van der Waals surface area contributed by atoms with E-state index in [0.717, 1.165) is 15.6 Å². The fourth-order valence-corrected chi connectivity index (χ4v) is 2.66. The van der Waals surface area contributed by atoms with E-state index >= 15 is 0 Å². The quantitative estimate of drug-likeness (QED) is 0.842. The minimum atomic E-state index is -0.765. The standard InChI is InChI=1S/C16H14BrFO2/c17-14-5-3-13(4-6-14)16(19-9-10-20-16)11-12-1-7-15(18)8-2-12/h1-8H,9-11H2. The van der Waals surface area contributed by atoms with Crippen molar-refractivity contribution in [1.29, 1.82) is 0 Å². The molecule has 104 valence electrons. The first-order chi connectivity index (χ1) is 9.68. The van der Waals surface area contributed by atoms with Crippen LogP contribution < -0.4 is 0 Å². The van der Waals surface area contributed by atoms with Gasteiger partial charge in [-0.25, -0.2) is 4.39 Å². The molecule has 2 aromatic carbocycles. The molecule has 20 heavy (non-hydrogen) atoms. The molecule has 0 bridgehead atoms. The molecule has 2 nitrogen and oxygen atoms in total. The lowest BCUT2D eigenvalue weighted by Crippen LogP contribution is -2.30. The largest absolute Gasteiger partial charge is 0.343 e. The smallest absolute Gasteiger partial charge is 0.199 e. The molecule has 1 fully saturated rings. The summed E-state index contributed by atoms with van der Waals surface area (Å²) < 4.78 is 25.7. The minimum absolute atomic E-state index is 0.236. The fraction of sp³-hybridized carbons (Fsp3) is 0.250. The van der Waals surface area contributed by atoms with E-state index in [-0.39, 0.29) is 5.82 Å². The lowest BCUT2D eigenvalue weighted by molar-refractivity contribution is -0.164. The Morgan fingerprint density at radius 2 is 1.55 bits per heavy atom. The highest BCUT2D eigenvalue weighted by atomic mass is 79.9. The Morgan fingerprint density at radius 3 is 2.15 bits per heavy atom. The van der Waals surface area contributed by atoms with E-state index in [9.17, 15) is 4.39 Å². The normalized spacial score (nSPS) is 17.3. The van der Waals surface area contributed by atoms with Crippen molar-refractivity contribution < 1.29 is 13.9 Å². The van der Waals surface area contributed by atoms with Crippen molar-refractivity contribution in [3.63, 3.8) is 0 Å². The van der Waals surface area contributed by atoms with E-state index in [1.807, 2.05) is 24.3 Å². The zero-order chi connectivity index (χ0) is 14.0. The third-order valence-corrected chi connectivity index (χ3v) is 3.92. The molecule has 1 saturated heterocycles. The van der Waals surface area contributed by atoms with E-state index in [0.29, 0.717) is 19.6 Å². The predicted octanol–water partition coefficient (Wildman–Crippen LogP) is 4.03. The average molecular weight is 337 g/mol. The summed E-state index contributed by atoms with van der Waals surface area (Å²) in [6.07, 6.45) is 0.564. The van der Waals surface area contributed by atoms with Gasteiger partial charge in [0.15, 0.2) is 5.79 Å². The zero-order valence-electron chi connectivity index (χ0n) is 10.8. The maximum atomic E-state index is 13.0. The van der Waals surface area contributed by atoms with Gasteiger partial charge in [0.05, 0.1) is 13.2 Å². The molecule has 4 heteroatoms. The Kier molecular flexibility index (Phi) is 3.87. The van der Waals surface area contributed by atoms with Crippen molar-refractivity contribution in [3.05, 3.63) is 69.9 Å². The summed E-state index contributed by atoms with van der Waals surface area (Å²) in [4.78, 5) is 0. The van der Waals surface area contributed by atoms with Crippen molar-refractivity contribution in [2.24, 2.45) is 0 Å². The van der Waals surface area contributed by atoms with Crippen molar-refractivity contribution in [2.45, 2.75) is 12.2 Å². The van der Waals surface area contributed by atoms with E-state index in [2.05, 4.69) is 15.9 Å². The molecule has 1 aliphatic rings. The summed E-state index contributed by atoms with van der Waals surface area (Å²) in [7, 11) is 0. The van der Waals surface area contributed by atoms with Gasteiger partial charge in [0.25, 0.3) is 0 Å². The summed E-state index contributed by atoms with van der Waals surface area (Å²) in [6.45, 7) is 1.13. The van der Waals surface area contributed by atoms with Gasteiger partial charge >= 0.3 is 0 Å². The maximum absolute atomic E-state index is 13.0. The van der Waals surface area contributed by atoms with Crippen LogP contribution in [0.25, 0.3) is 0 Å². The molecular weight excluding hydrogens is 323 g/mol. The van der Waals surface area contributed by atoms with Crippen molar-refractivity contribution in [1.82, 2.24) is 0 Å². The average Bonchev–Trinajstić information content (AvgIpc) is 2.92. The molecular formula is C16H14BrFO2. The van der Waals surface area contributed by atoms with Crippen LogP contribution in [0.5, 0.6) is 0 Å². The molecule has 0 radical (unpaired) electrons. The van der Waals surface area contributed by atoms with Crippen molar-refractivity contribution in [3.8, 4) is 0 Å². The molecule has 1 aliphatic heterocycles. The van der Waals surface area contributed by atoms with Crippen molar-refractivity contribution in [2.75, 3.05) is 13.2 Å². The van der Waals surface area contributed by atoms with Gasteiger partial charge in [0, 0.05) is 16.5 Å². The molecule has 0 aliphatic carbocycles. The van der Waals surface area contributed by atoms with E-state index in [1.54, 1.807) is 12.1 Å². The number of ether oxygens (including phenoxy) is 2. The predicted molar refractivity (Wildman–Crippen MR) is 77.8 cm³/mol. The first kappa shape index (κ1) is 13.7. The number of halogens is 2. The summed E-state index contributed by atoms with van der Waals surface area (Å²) in [5.74, 6) is -1.00. The second kappa shape index (κ2) is 5.64. The maximum Gasteiger partial charge on any atom is 0.199 e. The Hall–Kier alpha value is -1.23. The number of hydrogen-bond acceptors (Lipinski definition) is 2. The van der Waals surface area contributed by atoms with Gasteiger partial charge in [-0.05, 0) is 29.8 Å². The molecule has 3 rings (SSSR count). The van der Waals surface area contributed by atoms with Crippen LogP contribution in [-0.4, -0.2) is 13.2 Å². The second-order valence-electron chi connectivity index (χ2n) is 4.76. The molecule has 0 unspecified atom stereocenters. The second-order valence-corrected chi connectivity index (χ2v) is 5.68.